The fraction of sp³-hybridized carbons (Fsp3) is 0.529. The maximum absolute atomic E-state index is 12.7. The van der Waals surface area contributed by atoms with Gasteiger partial charge in [0.1, 0.15) is 5.92 Å². The minimum atomic E-state index is -0.645. The zero-order valence-electron chi connectivity index (χ0n) is 11.7. The zero-order chi connectivity index (χ0) is 13.9. The molecule has 3 nitrogen and oxygen atoms in total. The first kappa shape index (κ1) is 13.2. The van der Waals surface area contributed by atoms with Gasteiger partial charge in [0, 0.05) is 13.1 Å². The molecule has 1 aromatic carbocycles. The molecule has 0 aromatic heterocycles. The zero-order valence-corrected chi connectivity index (χ0v) is 11.7. The molecule has 2 saturated carbocycles. The maximum atomic E-state index is 12.7. The van der Waals surface area contributed by atoms with E-state index in [2.05, 4.69) is 6.07 Å². The molecule has 1 aromatic rings. The maximum Gasteiger partial charge on any atom is 0.244 e. The van der Waals surface area contributed by atoms with Gasteiger partial charge < -0.3 is 4.90 Å². The lowest BCUT2D eigenvalue weighted by molar-refractivity contribution is -0.132. The lowest BCUT2D eigenvalue weighted by Crippen LogP contribution is -2.37. The van der Waals surface area contributed by atoms with Gasteiger partial charge in [-0.1, -0.05) is 30.3 Å². The molecule has 2 aliphatic rings. The third kappa shape index (κ3) is 3.19. The highest BCUT2D eigenvalue weighted by Crippen LogP contribution is 2.34. The normalized spacial score (nSPS) is 19.1. The van der Waals surface area contributed by atoms with Crippen LogP contribution in [-0.2, 0) is 4.79 Å². The van der Waals surface area contributed by atoms with Crippen LogP contribution in [0, 0.1) is 23.2 Å². The molecule has 104 valence electrons. The van der Waals surface area contributed by atoms with E-state index < -0.39 is 5.92 Å². The predicted octanol–water partition coefficient (Wildman–Crippen LogP) is 2.94. The molecule has 1 amide bonds. The fourth-order valence-electron chi connectivity index (χ4n) is 2.58. The summed E-state index contributed by atoms with van der Waals surface area (Å²) in [6.07, 6.45) is 4.93. The number of amides is 1. The topological polar surface area (TPSA) is 44.1 Å². The van der Waals surface area contributed by atoms with Crippen LogP contribution in [0.1, 0.15) is 37.2 Å². The van der Waals surface area contributed by atoms with Crippen molar-refractivity contribution in [1.29, 1.82) is 5.26 Å². The first-order valence-corrected chi connectivity index (χ1v) is 7.51. The van der Waals surface area contributed by atoms with Gasteiger partial charge in [-0.25, -0.2) is 0 Å². The second-order valence-electron chi connectivity index (χ2n) is 6.10. The molecular weight excluding hydrogens is 248 g/mol. The number of rotatable bonds is 6. The Morgan fingerprint density at radius 2 is 1.70 bits per heavy atom. The summed E-state index contributed by atoms with van der Waals surface area (Å²) < 4.78 is 0. The summed E-state index contributed by atoms with van der Waals surface area (Å²) in [4.78, 5) is 14.7. The van der Waals surface area contributed by atoms with E-state index >= 15 is 0 Å². The van der Waals surface area contributed by atoms with Gasteiger partial charge in [0.15, 0.2) is 0 Å². The van der Waals surface area contributed by atoms with Gasteiger partial charge in [-0.15, -0.1) is 0 Å². The number of nitrogens with zero attached hydrogens (tertiary/aromatic N) is 2. The van der Waals surface area contributed by atoms with Crippen LogP contribution in [0.5, 0.6) is 0 Å². The Kier molecular flexibility index (Phi) is 3.73. The molecular formula is C17H20N2O. The monoisotopic (exact) mass is 268 g/mol. The van der Waals surface area contributed by atoms with Crippen LogP contribution in [0.25, 0.3) is 0 Å². The summed E-state index contributed by atoms with van der Waals surface area (Å²) in [5, 5.41) is 9.40. The van der Waals surface area contributed by atoms with Crippen molar-refractivity contribution in [1.82, 2.24) is 4.90 Å². The Balaban J connectivity index is 1.73. The van der Waals surface area contributed by atoms with Crippen LogP contribution in [0.3, 0.4) is 0 Å². The van der Waals surface area contributed by atoms with Crippen molar-refractivity contribution in [2.45, 2.75) is 31.6 Å². The van der Waals surface area contributed by atoms with Gasteiger partial charge >= 0.3 is 0 Å². The minimum Gasteiger partial charge on any atom is -0.341 e. The van der Waals surface area contributed by atoms with Crippen LogP contribution in [0.2, 0.25) is 0 Å². The molecule has 2 aliphatic carbocycles. The molecule has 0 spiro atoms. The van der Waals surface area contributed by atoms with Gasteiger partial charge in [0.2, 0.25) is 5.91 Å². The highest BCUT2D eigenvalue weighted by Gasteiger charge is 2.34. The average molecular weight is 268 g/mol. The second-order valence-corrected chi connectivity index (χ2v) is 6.10. The van der Waals surface area contributed by atoms with Crippen LogP contribution in [0.4, 0.5) is 0 Å². The molecule has 1 atom stereocenters. The fourth-order valence-corrected chi connectivity index (χ4v) is 2.58. The summed E-state index contributed by atoms with van der Waals surface area (Å²) in [6, 6.07) is 11.6. The lowest BCUT2D eigenvalue weighted by Gasteiger charge is -2.25. The molecule has 0 radical (unpaired) electrons. The Hall–Kier alpha value is -1.82. The number of carbonyl (C=O) groups is 1. The summed E-state index contributed by atoms with van der Waals surface area (Å²) in [5.74, 6) is 0.701. The third-order valence-corrected chi connectivity index (χ3v) is 4.17. The standard InChI is InChI=1S/C17H20N2O/c18-10-16(15-4-2-1-3-5-15)17(20)19(11-13-6-7-13)12-14-8-9-14/h1-5,13-14,16H,6-9,11-12H2. The van der Waals surface area contributed by atoms with Gasteiger partial charge in [0.05, 0.1) is 6.07 Å². The van der Waals surface area contributed by atoms with E-state index in [1.807, 2.05) is 35.2 Å². The van der Waals surface area contributed by atoms with Crippen molar-refractivity contribution in [3.05, 3.63) is 35.9 Å². The number of carbonyl (C=O) groups excluding carboxylic acids is 1. The molecule has 0 saturated heterocycles. The summed E-state index contributed by atoms with van der Waals surface area (Å²) in [5.41, 5.74) is 0.816. The SMILES string of the molecule is N#CC(C(=O)N(CC1CC1)CC1CC1)c1ccccc1. The van der Waals surface area contributed by atoms with Crippen molar-refractivity contribution >= 4 is 5.91 Å². The summed E-state index contributed by atoms with van der Waals surface area (Å²) in [7, 11) is 0. The van der Waals surface area contributed by atoms with Crippen molar-refractivity contribution < 1.29 is 4.79 Å². The summed E-state index contributed by atoms with van der Waals surface area (Å²) in [6.45, 7) is 1.70. The Morgan fingerprint density at radius 3 is 2.15 bits per heavy atom. The van der Waals surface area contributed by atoms with Crippen molar-refractivity contribution in [2.24, 2.45) is 11.8 Å². The van der Waals surface area contributed by atoms with Crippen LogP contribution >= 0.6 is 0 Å². The average Bonchev–Trinajstić information content (AvgIpc) is 3.35. The van der Waals surface area contributed by atoms with Gasteiger partial charge in [-0.3, -0.25) is 4.79 Å². The van der Waals surface area contributed by atoms with Crippen LogP contribution in [0.15, 0.2) is 30.3 Å². The van der Waals surface area contributed by atoms with E-state index in [0.717, 1.165) is 18.7 Å². The molecule has 3 heteroatoms. The molecule has 0 bridgehead atoms. The Bertz CT molecular complexity index is 498. The minimum absolute atomic E-state index is 0.00231. The van der Waals surface area contributed by atoms with E-state index in [0.29, 0.717) is 11.8 Å². The number of hydrogen-bond acceptors (Lipinski definition) is 2. The van der Waals surface area contributed by atoms with E-state index in [4.69, 9.17) is 0 Å². The summed E-state index contributed by atoms with van der Waals surface area (Å²) >= 11 is 0. The Labute approximate surface area is 120 Å². The second kappa shape index (κ2) is 5.66. The van der Waals surface area contributed by atoms with E-state index in [9.17, 15) is 10.1 Å². The molecule has 1 unspecified atom stereocenters. The van der Waals surface area contributed by atoms with E-state index in [1.165, 1.54) is 25.7 Å². The predicted molar refractivity (Wildman–Crippen MR) is 76.8 cm³/mol. The highest BCUT2D eigenvalue weighted by molar-refractivity contribution is 5.86. The third-order valence-electron chi connectivity index (χ3n) is 4.17. The number of nitriles is 1. The van der Waals surface area contributed by atoms with Gasteiger partial charge in [-0.05, 0) is 43.1 Å². The quantitative estimate of drug-likeness (QED) is 0.796. The molecule has 3 rings (SSSR count). The largest absolute Gasteiger partial charge is 0.341 e. The van der Waals surface area contributed by atoms with Gasteiger partial charge in [0.25, 0.3) is 0 Å². The number of benzene rings is 1. The highest BCUT2D eigenvalue weighted by atomic mass is 16.2. The van der Waals surface area contributed by atoms with Crippen molar-refractivity contribution in [2.75, 3.05) is 13.1 Å². The lowest BCUT2D eigenvalue weighted by atomic mass is 9.99. The molecule has 0 heterocycles. The van der Waals surface area contributed by atoms with Crippen LogP contribution < -0.4 is 0 Å². The van der Waals surface area contributed by atoms with E-state index in [1.54, 1.807) is 0 Å². The van der Waals surface area contributed by atoms with Crippen LogP contribution in [-0.4, -0.2) is 23.9 Å². The van der Waals surface area contributed by atoms with E-state index in [-0.39, 0.29) is 5.91 Å². The first-order chi connectivity index (χ1) is 9.78. The van der Waals surface area contributed by atoms with Crippen molar-refractivity contribution in [3.8, 4) is 6.07 Å². The van der Waals surface area contributed by atoms with Crippen molar-refractivity contribution in [3.63, 3.8) is 0 Å². The molecule has 20 heavy (non-hydrogen) atoms. The first-order valence-electron chi connectivity index (χ1n) is 7.51. The molecule has 2 fully saturated rings. The number of hydrogen-bond donors (Lipinski definition) is 0. The smallest absolute Gasteiger partial charge is 0.244 e. The Morgan fingerprint density at radius 1 is 1.15 bits per heavy atom. The molecule has 0 N–H and O–H groups in total. The molecule has 0 aliphatic heterocycles. The van der Waals surface area contributed by atoms with Gasteiger partial charge in [-0.2, -0.15) is 5.26 Å².